The van der Waals surface area contributed by atoms with Crippen molar-refractivity contribution in [1.29, 1.82) is 0 Å². The molecule has 0 bridgehead atoms. The van der Waals surface area contributed by atoms with Gasteiger partial charge in [0, 0.05) is 24.8 Å². The monoisotopic (exact) mass is 414 g/mol. The number of carbonyl (C=O) groups is 2. The van der Waals surface area contributed by atoms with Crippen molar-refractivity contribution in [2.45, 2.75) is 91.0 Å². The van der Waals surface area contributed by atoms with Crippen LogP contribution < -0.4 is 0 Å². The van der Waals surface area contributed by atoms with Crippen LogP contribution in [0.5, 0.6) is 0 Å². The molecule has 1 heterocycles. The molecule has 0 aromatic carbocycles. The highest BCUT2D eigenvalue weighted by molar-refractivity contribution is 5.71. The molecule has 0 aromatic heterocycles. The Bertz CT molecular complexity index is 897. The molecule has 0 aromatic rings. The molecule has 0 radical (unpaired) electrons. The second-order valence-electron chi connectivity index (χ2n) is 10.8. The maximum absolute atomic E-state index is 12.1. The third-order valence-corrected chi connectivity index (χ3v) is 8.50. The highest BCUT2D eigenvalue weighted by Gasteiger charge is 2.88. The number of allylic oxidation sites excluding steroid dienone is 1. The summed E-state index contributed by atoms with van der Waals surface area (Å²) in [5.41, 5.74) is -0.496. The number of fused-ring (bicyclic) bond motifs is 1. The zero-order valence-electron chi connectivity index (χ0n) is 19.1. The van der Waals surface area contributed by atoms with Crippen LogP contribution in [0.15, 0.2) is 36.1 Å². The van der Waals surface area contributed by atoms with Crippen molar-refractivity contribution in [2.24, 2.45) is 16.2 Å². The molecule has 0 amide bonds. The van der Waals surface area contributed by atoms with Crippen molar-refractivity contribution in [2.75, 3.05) is 0 Å². The minimum atomic E-state index is -0.623. The van der Waals surface area contributed by atoms with Gasteiger partial charge in [0.25, 0.3) is 0 Å². The largest absolute Gasteiger partial charge is 0.461 e. The summed E-state index contributed by atoms with van der Waals surface area (Å²) < 4.78 is 18.6. The number of esters is 2. The van der Waals surface area contributed by atoms with Gasteiger partial charge in [-0.3, -0.25) is 9.59 Å². The maximum Gasteiger partial charge on any atom is 0.308 e. The summed E-state index contributed by atoms with van der Waals surface area (Å²) in [7, 11) is 0. The summed E-state index contributed by atoms with van der Waals surface area (Å²) >= 11 is 0. The van der Waals surface area contributed by atoms with Gasteiger partial charge >= 0.3 is 11.9 Å². The zero-order valence-corrected chi connectivity index (χ0v) is 19.1. The molecular weight excluding hydrogens is 380 g/mol. The number of ether oxygens (including phenoxy) is 3. The minimum absolute atomic E-state index is 0.178. The van der Waals surface area contributed by atoms with Crippen LogP contribution in [-0.2, 0) is 23.8 Å². The second-order valence-corrected chi connectivity index (χ2v) is 10.8. The standard InChI is InChI=1S/C25H34O5/c1-9-22(7)13-18-20(29-17(4)27)15(2)25-21(5,6)11-10-12-24(25,30-25)23(18,8)19(14-22)28-16(3)26/h9,19H,1-2,10-14H2,3-8H3/t19-,22+,23-,24+,25+/m0/s1. The van der Waals surface area contributed by atoms with Crippen molar-refractivity contribution in [3.63, 3.8) is 0 Å². The van der Waals surface area contributed by atoms with Crippen LogP contribution >= 0.6 is 0 Å². The molecule has 0 spiro atoms. The van der Waals surface area contributed by atoms with Crippen LogP contribution in [0.2, 0.25) is 0 Å². The summed E-state index contributed by atoms with van der Waals surface area (Å²) in [6.07, 6.45) is 5.71. The Labute approximate surface area is 179 Å². The molecule has 0 N–H and O–H groups in total. The van der Waals surface area contributed by atoms with Gasteiger partial charge in [-0.15, -0.1) is 6.58 Å². The molecule has 1 saturated heterocycles. The van der Waals surface area contributed by atoms with E-state index < -0.39 is 22.7 Å². The lowest BCUT2D eigenvalue weighted by Crippen LogP contribution is -2.62. The van der Waals surface area contributed by atoms with E-state index >= 15 is 0 Å². The molecule has 1 aliphatic heterocycles. The van der Waals surface area contributed by atoms with Crippen LogP contribution in [0.4, 0.5) is 0 Å². The van der Waals surface area contributed by atoms with Gasteiger partial charge in [-0.25, -0.2) is 0 Å². The fourth-order valence-electron chi connectivity index (χ4n) is 6.97. The quantitative estimate of drug-likeness (QED) is 0.369. The van der Waals surface area contributed by atoms with E-state index in [-0.39, 0.29) is 22.8 Å². The number of carbonyl (C=O) groups excluding carboxylic acids is 2. The molecule has 5 nitrogen and oxygen atoms in total. The minimum Gasteiger partial charge on any atom is -0.461 e. The van der Waals surface area contributed by atoms with Gasteiger partial charge in [-0.2, -0.15) is 0 Å². The van der Waals surface area contributed by atoms with E-state index in [1.165, 1.54) is 13.8 Å². The number of epoxide rings is 1. The average molecular weight is 415 g/mol. The molecule has 164 valence electrons. The molecule has 30 heavy (non-hydrogen) atoms. The lowest BCUT2D eigenvalue weighted by Gasteiger charge is -2.57. The third kappa shape index (κ3) is 2.33. The van der Waals surface area contributed by atoms with Crippen LogP contribution in [0.1, 0.15) is 73.6 Å². The van der Waals surface area contributed by atoms with Crippen molar-refractivity contribution >= 4 is 11.9 Å². The fraction of sp³-hybridized carbons (Fsp3) is 0.680. The van der Waals surface area contributed by atoms with E-state index in [0.29, 0.717) is 18.6 Å². The Morgan fingerprint density at radius 3 is 2.37 bits per heavy atom. The summed E-state index contributed by atoms with van der Waals surface area (Å²) in [6, 6.07) is 0. The fourth-order valence-corrected chi connectivity index (χ4v) is 6.97. The smallest absolute Gasteiger partial charge is 0.308 e. The van der Waals surface area contributed by atoms with Gasteiger partial charge in [0.1, 0.15) is 23.1 Å². The van der Waals surface area contributed by atoms with Gasteiger partial charge in [0.15, 0.2) is 0 Å². The SMILES string of the molecule is C=C[C@]1(C)CC2=C(OC(C)=O)C(=C)[C@]34O[C@]3(CCCC4(C)C)[C@]2(C)[C@@H](OC(C)=O)C1. The van der Waals surface area contributed by atoms with Gasteiger partial charge in [0.05, 0.1) is 5.41 Å². The Morgan fingerprint density at radius 2 is 1.80 bits per heavy atom. The number of hydrogen-bond donors (Lipinski definition) is 0. The van der Waals surface area contributed by atoms with E-state index in [1.54, 1.807) is 0 Å². The molecular formula is C25H34O5. The average Bonchev–Trinajstić information content (AvgIpc) is 3.35. The molecule has 5 heteroatoms. The highest BCUT2D eigenvalue weighted by Crippen LogP contribution is 2.80. The van der Waals surface area contributed by atoms with Gasteiger partial charge < -0.3 is 14.2 Å². The Balaban J connectivity index is 2.01. The molecule has 4 aliphatic rings. The van der Waals surface area contributed by atoms with Crippen molar-refractivity contribution in [3.05, 3.63) is 36.1 Å². The Hall–Kier alpha value is -1.88. The first kappa shape index (κ1) is 21.4. The highest BCUT2D eigenvalue weighted by atomic mass is 16.6. The lowest BCUT2D eigenvalue weighted by molar-refractivity contribution is -0.161. The third-order valence-electron chi connectivity index (χ3n) is 8.50. The molecule has 5 atom stereocenters. The van der Waals surface area contributed by atoms with Crippen molar-refractivity contribution < 1.29 is 23.8 Å². The Kier molecular flexibility index (Phi) is 4.34. The van der Waals surface area contributed by atoms with E-state index in [9.17, 15) is 9.59 Å². The Morgan fingerprint density at radius 1 is 1.13 bits per heavy atom. The summed E-state index contributed by atoms with van der Waals surface area (Å²) in [4.78, 5) is 24.3. The van der Waals surface area contributed by atoms with E-state index in [0.717, 1.165) is 30.4 Å². The van der Waals surface area contributed by atoms with Crippen molar-refractivity contribution in [1.82, 2.24) is 0 Å². The molecule has 0 unspecified atom stereocenters. The summed E-state index contributed by atoms with van der Waals surface area (Å²) in [5.74, 6) is -0.169. The van der Waals surface area contributed by atoms with E-state index in [4.69, 9.17) is 14.2 Å². The van der Waals surface area contributed by atoms with Crippen LogP contribution in [-0.4, -0.2) is 29.2 Å². The first-order chi connectivity index (χ1) is 13.8. The lowest BCUT2D eigenvalue weighted by atomic mass is 9.45. The topological polar surface area (TPSA) is 65.1 Å². The molecule has 2 saturated carbocycles. The molecule has 4 rings (SSSR count). The van der Waals surface area contributed by atoms with Gasteiger partial charge in [0.2, 0.25) is 0 Å². The zero-order chi connectivity index (χ0) is 22.3. The first-order valence-electron chi connectivity index (χ1n) is 10.9. The summed E-state index contributed by atoms with van der Waals surface area (Å²) in [6.45, 7) is 20.0. The number of hydrogen-bond acceptors (Lipinski definition) is 5. The van der Waals surface area contributed by atoms with Crippen LogP contribution in [0, 0.1) is 16.2 Å². The van der Waals surface area contributed by atoms with Gasteiger partial charge in [-0.05, 0) is 50.0 Å². The predicted molar refractivity (Wildman–Crippen MR) is 113 cm³/mol. The maximum atomic E-state index is 12.1. The summed E-state index contributed by atoms with van der Waals surface area (Å²) in [5, 5.41) is 0. The van der Waals surface area contributed by atoms with E-state index in [1.807, 2.05) is 6.08 Å². The van der Waals surface area contributed by atoms with Crippen LogP contribution in [0.25, 0.3) is 0 Å². The molecule has 3 aliphatic carbocycles. The van der Waals surface area contributed by atoms with Gasteiger partial charge in [-0.1, -0.05) is 33.4 Å². The normalized spacial score (nSPS) is 43.7. The predicted octanol–water partition coefficient (Wildman–Crippen LogP) is 5.02. The van der Waals surface area contributed by atoms with Crippen LogP contribution in [0.3, 0.4) is 0 Å². The second kappa shape index (κ2) is 6.09. The van der Waals surface area contributed by atoms with Crippen molar-refractivity contribution in [3.8, 4) is 0 Å². The number of rotatable bonds is 3. The first-order valence-corrected chi connectivity index (χ1v) is 10.9. The van der Waals surface area contributed by atoms with E-state index in [2.05, 4.69) is 40.9 Å². The molecule has 3 fully saturated rings.